The van der Waals surface area contributed by atoms with Gasteiger partial charge < -0.3 is 9.84 Å². The number of carboxylic acid groups (broad SMARTS) is 1. The lowest BCUT2D eigenvalue weighted by atomic mass is 9.50. The minimum atomic E-state index is -1.55. The maximum absolute atomic E-state index is 14.2. The summed E-state index contributed by atoms with van der Waals surface area (Å²) in [7, 11) is 0. The van der Waals surface area contributed by atoms with Crippen molar-refractivity contribution in [3.8, 4) is 5.75 Å². The average molecular weight is 357 g/mol. The minimum absolute atomic E-state index is 0.0342. The maximum Gasteiger partial charge on any atom is 0.338 e. The number of carbonyl (C=O) groups is 1. The number of ether oxygens (including phenoxy) is 1. The van der Waals surface area contributed by atoms with E-state index < -0.39 is 28.2 Å². The standard InChI is InChI=1S/C18H19ClF2O3/c19-14-15(21)12(17(22)23)4-13(20)16(14)24-8-18-5-9-1-10(6-18)3-11(2-9)7-18/h4,9-11H,1-3,5-8H2,(H,22,23). The smallest absolute Gasteiger partial charge is 0.338 e. The van der Waals surface area contributed by atoms with Crippen LogP contribution in [0.15, 0.2) is 6.07 Å². The van der Waals surface area contributed by atoms with E-state index in [1.165, 1.54) is 19.3 Å². The fraction of sp³-hybridized carbons (Fsp3) is 0.611. The summed E-state index contributed by atoms with van der Waals surface area (Å²) >= 11 is 5.83. The van der Waals surface area contributed by atoms with E-state index in [4.69, 9.17) is 21.4 Å². The molecule has 6 heteroatoms. The first-order chi connectivity index (χ1) is 11.4. The van der Waals surface area contributed by atoms with E-state index in [1.54, 1.807) is 0 Å². The highest BCUT2D eigenvalue weighted by Crippen LogP contribution is 2.60. The highest BCUT2D eigenvalue weighted by atomic mass is 35.5. The van der Waals surface area contributed by atoms with E-state index in [9.17, 15) is 13.6 Å². The maximum atomic E-state index is 14.2. The van der Waals surface area contributed by atoms with Gasteiger partial charge in [0.1, 0.15) is 5.02 Å². The van der Waals surface area contributed by atoms with Crippen molar-refractivity contribution >= 4 is 17.6 Å². The Morgan fingerprint density at radius 2 is 1.75 bits per heavy atom. The molecule has 130 valence electrons. The number of benzene rings is 1. The van der Waals surface area contributed by atoms with Crippen molar-refractivity contribution in [2.24, 2.45) is 23.2 Å². The molecule has 0 aromatic heterocycles. The molecule has 0 spiro atoms. The second-order valence-electron chi connectivity index (χ2n) is 7.87. The third-order valence-corrected chi connectivity index (χ3v) is 6.37. The van der Waals surface area contributed by atoms with Crippen molar-refractivity contribution in [1.29, 1.82) is 0 Å². The summed E-state index contributed by atoms with van der Waals surface area (Å²) in [6, 6.07) is 0.637. The highest BCUT2D eigenvalue weighted by molar-refractivity contribution is 6.32. The van der Waals surface area contributed by atoms with Crippen molar-refractivity contribution in [2.45, 2.75) is 38.5 Å². The second-order valence-corrected chi connectivity index (χ2v) is 8.25. The largest absolute Gasteiger partial charge is 0.488 e. The number of aromatic carboxylic acids is 1. The molecule has 0 unspecified atom stereocenters. The lowest BCUT2D eigenvalue weighted by molar-refractivity contribution is -0.0750. The Labute approximate surface area is 143 Å². The second kappa shape index (κ2) is 5.58. The third kappa shape index (κ3) is 2.57. The zero-order valence-corrected chi connectivity index (χ0v) is 13.9. The molecule has 0 saturated heterocycles. The van der Waals surface area contributed by atoms with Gasteiger partial charge in [0.2, 0.25) is 0 Å². The first-order valence-electron chi connectivity index (χ1n) is 8.40. The predicted molar refractivity (Wildman–Crippen MR) is 84.4 cm³/mol. The van der Waals surface area contributed by atoms with Gasteiger partial charge in [0.25, 0.3) is 0 Å². The van der Waals surface area contributed by atoms with Gasteiger partial charge in [-0.15, -0.1) is 0 Å². The molecule has 24 heavy (non-hydrogen) atoms. The van der Waals surface area contributed by atoms with Crippen LogP contribution in [0.1, 0.15) is 48.9 Å². The van der Waals surface area contributed by atoms with Gasteiger partial charge in [0.15, 0.2) is 17.4 Å². The molecule has 0 heterocycles. The molecule has 1 aromatic rings. The fourth-order valence-electron chi connectivity index (χ4n) is 5.56. The van der Waals surface area contributed by atoms with E-state index in [-0.39, 0.29) is 11.2 Å². The molecular formula is C18H19ClF2O3. The lowest BCUT2D eigenvalue weighted by Gasteiger charge is -2.56. The van der Waals surface area contributed by atoms with E-state index in [2.05, 4.69) is 0 Å². The van der Waals surface area contributed by atoms with Crippen molar-refractivity contribution in [3.05, 3.63) is 28.3 Å². The van der Waals surface area contributed by atoms with E-state index in [0.717, 1.165) is 37.0 Å². The van der Waals surface area contributed by atoms with Gasteiger partial charge in [-0.3, -0.25) is 0 Å². The summed E-state index contributed by atoms with van der Waals surface area (Å²) in [5, 5.41) is 8.30. The Morgan fingerprint density at radius 3 is 2.25 bits per heavy atom. The van der Waals surface area contributed by atoms with Crippen molar-refractivity contribution in [1.82, 2.24) is 0 Å². The highest BCUT2D eigenvalue weighted by Gasteiger charge is 2.51. The van der Waals surface area contributed by atoms with Gasteiger partial charge in [0.05, 0.1) is 12.2 Å². The zero-order valence-electron chi connectivity index (χ0n) is 13.2. The quantitative estimate of drug-likeness (QED) is 0.779. The summed E-state index contributed by atoms with van der Waals surface area (Å²) in [4.78, 5) is 10.9. The van der Waals surface area contributed by atoms with Crippen LogP contribution in [0.4, 0.5) is 8.78 Å². The van der Waals surface area contributed by atoms with Crippen molar-refractivity contribution in [3.63, 3.8) is 0 Å². The van der Waals surface area contributed by atoms with E-state index in [1.807, 2.05) is 0 Å². The van der Waals surface area contributed by atoms with Crippen LogP contribution in [-0.4, -0.2) is 17.7 Å². The van der Waals surface area contributed by atoms with Gasteiger partial charge in [-0.2, -0.15) is 0 Å². The molecule has 4 fully saturated rings. The van der Waals surface area contributed by atoms with Crippen LogP contribution < -0.4 is 4.74 Å². The van der Waals surface area contributed by atoms with Gasteiger partial charge in [-0.1, -0.05) is 11.6 Å². The summed E-state index contributed by atoms with van der Waals surface area (Å²) in [6.07, 6.45) is 7.10. The van der Waals surface area contributed by atoms with E-state index >= 15 is 0 Å². The molecule has 1 N–H and O–H groups in total. The fourth-order valence-corrected chi connectivity index (χ4v) is 5.80. The average Bonchev–Trinajstić information content (AvgIpc) is 2.49. The lowest BCUT2D eigenvalue weighted by Crippen LogP contribution is -2.48. The molecule has 3 nitrogen and oxygen atoms in total. The molecule has 5 rings (SSSR count). The SMILES string of the molecule is O=C(O)c1cc(F)c(OCC23CC4CC(CC(C4)C2)C3)c(Cl)c1F. The molecule has 0 radical (unpaired) electrons. The summed E-state index contributed by atoms with van der Waals surface area (Å²) in [5.41, 5.74) is -0.744. The Hall–Kier alpha value is -1.36. The van der Waals surface area contributed by atoms with Gasteiger partial charge in [-0.05, 0) is 62.3 Å². The zero-order chi connectivity index (χ0) is 17.1. The number of halogens is 3. The molecule has 4 saturated carbocycles. The van der Waals surface area contributed by atoms with Crippen LogP contribution in [0.3, 0.4) is 0 Å². The van der Waals surface area contributed by atoms with Crippen LogP contribution in [-0.2, 0) is 0 Å². The summed E-state index contributed by atoms with van der Waals surface area (Å²) < 4.78 is 33.8. The van der Waals surface area contributed by atoms with Gasteiger partial charge in [-0.25, -0.2) is 13.6 Å². The van der Waals surface area contributed by atoms with Crippen molar-refractivity contribution in [2.75, 3.05) is 6.61 Å². The Morgan fingerprint density at radius 1 is 1.21 bits per heavy atom. The monoisotopic (exact) mass is 356 g/mol. The molecular weight excluding hydrogens is 338 g/mol. The molecule has 0 aliphatic heterocycles. The number of hydrogen-bond donors (Lipinski definition) is 1. The van der Waals surface area contributed by atoms with Crippen LogP contribution in [0.2, 0.25) is 5.02 Å². The third-order valence-electron chi connectivity index (χ3n) is 6.03. The first-order valence-corrected chi connectivity index (χ1v) is 8.78. The van der Waals surface area contributed by atoms with Crippen LogP contribution >= 0.6 is 11.6 Å². The number of rotatable bonds is 4. The summed E-state index contributed by atoms with van der Waals surface area (Å²) in [6.45, 7) is 0.318. The van der Waals surface area contributed by atoms with Crippen LogP contribution in [0, 0.1) is 34.8 Å². The molecule has 4 aliphatic carbocycles. The molecule has 0 atom stereocenters. The van der Waals surface area contributed by atoms with Gasteiger partial charge in [0, 0.05) is 5.41 Å². The molecule has 4 bridgehead atoms. The Balaban J connectivity index is 1.56. The topological polar surface area (TPSA) is 46.5 Å². The summed E-state index contributed by atoms with van der Waals surface area (Å²) in [5.74, 6) is -1.81. The Kier molecular flexibility index (Phi) is 3.75. The van der Waals surface area contributed by atoms with Crippen molar-refractivity contribution < 1.29 is 23.4 Å². The predicted octanol–water partition coefficient (Wildman–Crippen LogP) is 4.91. The Bertz CT molecular complexity index is 669. The minimum Gasteiger partial charge on any atom is -0.488 e. The molecule has 1 aromatic carbocycles. The van der Waals surface area contributed by atoms with Crippen LogP contribution in [0.5, 0.6) is 5.75 Å². The van der Waals surface area contributed by atoms with Gasteiger partial charge >= 0.3 is 5.97 Å². The molecule has 4 aliphatic rings. The first kappa shape index (κ1) is 16.1. The number of hydrogen-bond acceptors (Lipinski definition) is 2. The molecule has 0 amide bonds. The van der Waals surface area contributed by atoms with Crippen LogP contribution in [0.25, 0.3) is 0 Å². The number of carboxylic acids is 1. The normalized spacial score (nSPS) is 33.7. The van der Waals surface area contributed by atoms with E-state index in [0.29, 0.717) is 12.7 Å².